The highest BCUT2D eigenvalue weighted by atomic mass is 79.9. The van der Waals surface area contributed by atoms with E-state index in [-0.39, 0.29) is 0 Å². The Bertz CT molecular complexity index is 354. The van der Waals surface area contributed by atoms with Crippen molar-refractivity contribution in [3.05, 3.63) is 33.3 Å². The van der Waals surface area contributed by atoms with Gasteiger partial charge in [-0.3, -0.25) is 4.79 Å². The van der Waals surface area contributed by atoms with Crippen LogP contribution in [-0.2, 0) is 10.2 Å². The fourth-order valence-corrected chi connectivity index (χ4v) is 2.59. The molecule has 0 unspecified atom stereocenters. The maximum Gasteiger partial charge on any atom is 0.313 e. The molecular formula is C10H10BrClO2. The third kappa shape index (κ3) is 1.93. The minimum absolute atomic E-state index is 0.465. The van der Waals surface area contributed by atoms with Crippen LogP contribution in [0.1, 0.15) is 19.4 Å². The van der Waals surface area contributed by atoms with Crippen LogP contribution in [-0.4, -0.2) is 11.1 Å². The van der Waals surface area contributed by atoms with Gasteiger partial charge in [0.2, 0.25) is 0 Å². The maximum absolute atomic E-state index is 11.0. The second-order valence-corrected chi connectivity index (χ2v) is 4.79. The first-order chi connectivity index (χ1) is 6.37. The number of carboxylic acid groups (broad SMARTS) is 1. The molecule has 0 atom stereocenters. The van der Waals surface area contributed by atoms with Crippen molar-refractivity contribution in [2.24, 2.45) is 0 Å². The van der Waals surface area contributed by atoms with Crippen molar-refractivity contribution in [1.29, 1.82) is 0 Å². The lowest BCUT2D eigenvalue weighted by molar-refractivity contribution is -0.142. The van der Waals surface area contributed by atoms with Crippen LogP contribution in [0.3, 0.4) is 0 Å². The van der Waals surface area contributed by atoms with Gasteiger partial charge >= 0.3 is 5.97 Å². The second-order valence-electron chi connectivity index (χ2n) is 3.53. The van der Waals surface area contributed by atoms with Crippen molar-refractivity contribution < 1.29 is 9.90 Å². The summed E-state index contributed by atoms with van der Waals surface area (Å²) in [5, 5.41) is 9.53. The van der Waals surface area contributed by atoms with E-state index in [4.69, 9.17) is 16.7 Å². The Hall–Kier alpha value is -0.540. The van der Waals surface area contributed by atoms with Gasteiger partial charge in [0.05, 0.1) is 5.41 Å². The van der Waals surface area contributed by atoms with Crippen molar-refractivity contribution in [1.82, 2.24) is 0 Å². The predicted molar refractivity (Wildman–Crippen MR) is 59.8 cm³/mol. The van der Waals surface area contributed by atoms with Crippen molar-refractivity contribution in [3.8, 4) is 0 Å². The molecule has 0 bridgehead atoms. The molecule has 0 fully saturated rings. The van der Waals surface area contributed by atoms with Gasteiger partial charge in [0.25, 0.3) is 0 Å². The van der Waals surface area contributed by atoms with Gasteiger partial charge in [-0.2, -0.15) is 0 Å². The van der Waals surface area contributed by atoms with E-state index in [0.29, 0.717) is 10.6 Å². The molecule has 0 aliphatic heterocycles. The Morgan fingerprint density at radius 1 is 1.50 bits per heavy atom. The van der Waals surface area contributed by atoms with Crippen LogP contribution in [0, 0.1) is 0 Å². The summed E-state index contributed by atoms with van der Waals surface area (Å²) in [5.74, 6) is -0.897. The number of carboxylic acids is 1. The molecule has 1 aromatic carbocycles. The number of rotatable bonds is 2. The molecular weight excluding hydrogens is 267 g/mol. The molecule has 14 heavy (non-hydrogen) atoms. The normalized spacial score (nSPS) is 11.4. The van der Waals surface area contributed by atoms with E-state index in [1.165, 1.54) is 0 Å². The van der Waals surface area contributed by atoms with Crippen molar-refractivity contribution in [3.63, 3.8) is 0 Å². The fraction of sp³-hybridized carbons (Fsp3) is 0.300. The first kappa shape index (κ1) is 11.5. The van der Waals surface area contributed by atoms with Crippen molar-refractivity contribution in [2.75, 3.05) is 0 Å². The van der Waals surface area contributed by atoms with Crippen LogP contribution < -0.4 is 0 Å². The zero-order chi connectivity index (χ0) is 10.9. The molecule has 0 saturated heterocycles. The molecule has 0 aromatic heterocycles. The average molecular weight is 278 g/mol. The zero-order valence-corrected chi connectivity index (χ0v) is 10.2. The van der Waals surface area contributed by atoms with E-state index in [2.05, 4.69) is 15.9 Å². The standard InChI is InChI=1S/C10H10BrClO2/c1-10(2,9(13)14)8-6(11)4-3-5-7(8)12/h3-5H,1-2H3,(H,13,14). The quantitative estimate of drug-likeness (QED) is 0.899. The molecule has 0 spiro atoms. The largest absolute Gasteiger partial charge is 0.481 e. The lowest BCUT2D eigenvalue weighted by Crippen LogP contribution is -2.29. The number of carbonyl (C=O) groups is 1. The molecule has 0 radical (unpaired) electrons. The van der Waals surface area contributed by atoms with Crippen LogP contribution in [0.25, 0.3) is 0 Å². The predicted octanol–water partition coefficient (Wildman–Crippen LogP) is 3.46. The molecule has 0 saturated carbocycles. The molecule has 1 N–H and O–H groups in total. The Morgan fingerprint density at radius 2 is 2.07 bits per heavy atom. The Labute approximate surface area is 96.0 Å². The summed E-state index contributed by atoms with van der Waals surface area (Å²) in [6, 6.07) is 5.24. The fourth-order valence-electron chi connectivity index (χ4n) is 1.20. The van der Waals surface area contributed by atoms with Gasteiger partial charge in [0, 0.05) is 15.1 Å². The van der Waals surface area contributed by atoms with E-state index in [9.17, 15) is 4.79 Å². The molecule has 1 rings (SSSR count). The summed E-state index contributed by atoms with van der Waals surface area (Å²) in [6.45, 7) is 3.25. The van der Waals surface area contributed by atoms with Crippen molar-refractivity contribution >= 4 is 33.5 Å². The Balaban J connectivity index is 3.38. The topological polar surface area (TPSA) is 37.3 Å². The van der Waals surface area contributed by atoms with Crippen LogP contribution in [0.2, 0.25) is 5.02 Å². The molecule has 1 aromatic rings. The molecule has 0 aliphatic carbocycles. The highest BCUT2D eigenvalue weighted by Crippen LogP contribution is 2.35. The molecule has 0 heterocycles. The zero-order valence-electron chi connectivity index (χ0n) is 7.84. The molecule has 4 heteroatoms. The molecule has 76 valence electrons. The SMILES string of the molecule is CC(C)(C(=O)O)c1c(Cl)cccc1Br. The first-order valence-electron chi connectivity index (χ1n) is 4.05. The maximum atomic E-state index is 11.0. The van der Waals surface area contributed by atoms with Crippen LogP contribution in [0.4, 0.5) is 0 Å². The minimum Gasteiger partial charge on any atom is -0.481 e. The van der Waals surface area contributed by atoms with E-state index in [1.54, 1.807) is 32.0 Å². The monoisotopic (exact) mass is 276 g/mol. The van der Waals surface area contributed by atoms with Crippen molar-refractivity contribution in [2.45, 2.75) is 19.3 Å². The lowest BCUT2D eigenvalue weighted by atomic mass is 9.85. The number of hydrogen-bond acceptors (Lipinski definition) is 1. The van der Waals surface area contributed by atoms with Gasteiger partial charge in [-0.1, -0.05) is 33.6 Å². The summed E-state index contributed by atoms with van der Waals surface area (Å²) in [6.07, 6.45) is 0. The summed E-state index contributed by atoms with van der Waals surface area (Å²) < 4.78 is 0.720. The van der Waals surface area contributed by atoms with Gasteiger partial charge in [0.15, 0.2) is 0 Å². The third-order valence-corrected chi connectivity index (χ3v) is 3.10. The van der Waals surface area contributed by atoms with E-state index in [0.717, 1.165) is 4.47 Å². The smallest absolute Gasteiger partial charge is 0.313 e. The van der Waals surface area contributed by atoms with Gasteiger partial charge in [-0.05, 0) is 26.0 Å². The van der Waals surface area contributed by atoms with E-state index in [1.807, 2.05) is 0 Å². The average Bonchev–Trinajstić information content (AvgIpc) is 2.02. The summed E-state index contributed by atoms with van der Waals surface area (Å²) in [5.41, 5.74) is -0.383. The van der Waals surface area contributed by atoms with E-state index >= 15 is 0 Å². The number of benzene rings is 1. The number of hydrogen-bond donors (Lipinski definition) is 1. The van der Waals surface area contributed by atoms with Crippen LogP contribution >= 0.6 is 27.5 Å². The Kier molecular flexibility index (Phi) is 3.22. The van der Waals surface area contributed by atoms with Gasteiger partial charge in [-0.25, -0.2) is 0 Å². The van der Waals surface area contributed by atoms with E-state index < -0.39 is 11.4 Å². The minimum atomic E-state index is -0.989. The highest BCUT2D eigenvalue weighted by molar-refractivity contribution is 9.10. The lowest BCUT2D eigenvalue weighted by Gasteiger charge is -2.22. The number of aliphatic carboxylic acids is 1. The van der Waals surface area contributed by atoms with Crippen LogP contribution in [0.15, 0.2) is 22.7 Å². The number of halogens is 2. The molecule has 0 aliphatic rings. The highest BCUT2D eigenvalue weighted by Gasteiger charge is 2.33. The second kappa shape index (κ2) is 3.91. The van der Waals surface area contributed by atoms with Gasteiger partial charge in [0.1, 0.15) is 0 Å². The summed E-state index contributed by atoms with van der Waals surface area (Å²) in [4.78, 5) is 11.0. The van der Waals surface area contributed by atoms with Crippen LogP contribution in [0.5, 0.6) is 0 Å². The summed E-state index contributed by atoms with van der Waals surface area (Å²) >= 11 is 9.27. The first-order valence-corrected chi connectivity index (χ1v) is 5.22. The summed E-state index contributed by atoms with van der Waals surface area (Å²) in [7, 11) is 0. The third-order valence-electron chi connectivity index (χ3n) is 2.12. The molecule has 2 nitrogen and oxygen atoms in total. The molecule has 0 amide bonds. The Morgan fingerprint density at radius 3 is 2.50 bits per heavy atom. The van der Waals surface area contributed by atoms with Gasteiger partial charge < -0.3 is 5.11 Å². The van der Waals surface area contributed by atoms with Gasteiger partial charge in [-0.15, -0.1) is 0 Å².